The molecule has 82 valence electrons. The van der Waals surface area contributed by atoms with Gasteiger partial charge < -0.3 is 10.5 Å². The first-order valence-corrected chi connectivity index (χ1v) is 5.85. The van der Waals surface area contributed by atoms with Crippen molar-refractivity contribution in [3.8, 4) is 0 Å². The van der Waals surface area contributed by atoms with Gasteiger partial charge in [-0.1, -0.05) is 26.1 Å². The van der Waals surface area contributed by atoms with Gasteiger partial charge in [-0.15, -0.1) is 0 Å². The summed E-state index contributed by atoms with van der Waals surface area (Å²) in [6, 6.07) is 0. The molecule has 2 N–H and O–H groups in total. The fraction of sp³-hybridized carbons (Fsp3) is 0.909. The van der Waals surface area contributed by atoms with Gasteiger partial charge in [0.1, 0.15) is 0 Å². The Bertz CT molecular complexity index is 199. The van der Waals surface area contributed by atoms with Crippen LogP contribution in [0, 0.1) is 5.41 Å². The average Bonchev–Trinajstić information content (AvgIpc) is 2.00. The lowest BCUT2D eigenvalue weighted by molar-refractivity contribution is -0.000829. The Balaban J connectivity index is 2.04. The van der Waals surface area contributed by atoms with Crippen molar-refractivity contribution in [2.24, 2.45) is 11.1 Å². The molecule has 14 heavy (non-hydrogen) atoms. The van der Waals surface area contributed by atoms with Crippen LogP contribution in [0.15, 0.2) is 0 Å². The second-order valence-corrected chi connectivity index (χ2v) is 5.22. The Hall–Kier alpha value is -0.150. The number of nitrogens with two attached hydrogens (primary N) is 1. The lowest BCUT2D eigenvalue weighted by atomic mass is 9.88. The van der Waals surface area contributed by atoms with Crippen molar-refractivity contribution in [1.82, 2.24) is 0 Å². The second kappa shape index (κ2) is 5.08. The maximum atomic E-state index is 5.67. The summed E-state index contributed by atoms with van der Waals surface area (Å²) in [5.74, 6) is 0. The van der Waals surface area contributed by atoms with E-state index in [-0.39, 0.29) is 5.41 Å². The van der Waals surface area contributed by atoms with Crippen LogP contribution in [0.3, 0.4) is 0 Å². The largest absolute Gasteiger partial charge is 0.393 e. The zero-order valence-corrected chi connectivity index (χ0v) is 10.0. The van der Waals surface area contributed by atoms with Crippen molar-refractivity contribution in [2.45, 2.75) is 52.1 Å². The van der Waals surface area contributed by atoms with Crippen LogP contribution in [0.5, 0.6) is 0 Å². The van der Waals surface area contributed by atoms with Gasteiger partial charge in [-0.3, -0.25) is 0 Å². The lowest BCUT2D eigenvalue weighted by Gasteiger charge is -2.27. The number of hydrogen-bond acceptors (Lipinski definition) is 2. The van der Waals surface area contributed by atoms with E-state index in [1.54, 1.807) is 0 Å². The van der Waals surface area contributed by atoms with E-state index in [0.717, 1.165) is 19.4 Å². The van der Waals surface area contributed by atoms with E-state index in [0.29, 0.717) is 11.1 Å². The molecule has 2 nitrogen and oxygen atoms in total. The van der Waals surface area contributed by atoms with Crippen LogP contribution in [0.25, 0.3) is 0 Å². The molecular weight excluding hydrogens is 194 g/mol. The van der Waals surface area contributed by atoms with Crippen molar-refractivity contribution >= 4 is 17.2 Å². The summed E-state index contributed by atoms with van der Waals surface area (Å²) in [6.07, 6.45) is 6.46. The first-order valence-electron chi connectivity index (χ1n) is 5.44. The quantitative estimate of drug-likeness (QED) is 0.546. The van der Waals surface area contributed by atoms with Gasteiger partial charge in [0.25, 0.3) is 0 Å². The van der Waals surface area contributed by atoms with Gasteiger partial charge in [0.2, 0.25) is 0 Å². The summed E-state index contributed by atoms with van der Waals surface area (Å²) in [5.41, 5.74) is 5.62. The average molecular weight is 215 g/mol. The molecule has 0 unspecified atom stereocenters. The molecule has 0 spiro atoms. The van der Waals surface area contributed by atoms with Crippen molar-refractivity contribution in [1.29, 1.82) is 0 Å². The summed E-state index contributed by atoms with van der Waals surface area (Å²) in [6.45, 7) is 5.05. The standard InChI is InChI=1S/C11H21NOS/c1-11(2,10(12)14)7-4-8-13-9-5-3-6-9/h9H,3-8H2,1-2H3,(H2,12,14). The van der Waals surface area contributed by atoms with E-state index in [9.17, 15) is 0 Å². The fourth-order valence-electron chi connectivity index (χ4n) is 1.42. The van der Waals surface area contributed by atoms with Crippen LogP contribution >= 0.6 is 12.2 Å². The molecule has 1 aliphatic rings. The van der Waals surface area contributed by atoms with Crippen LogP contribution in [-0.4, -0.2) is 17.7 Å². The predicted molar refractivity (Wildman–Crippen MR) is 63.4 cm³/mol. The molecule has 0 aromatic carbocycles. The highest BCUT2D eigenvalue weighted by Crippen LogP contribution is 2.25. The van der Waals surface area contributed by atoms with Gasteiger partial charge in [-0.05, 0) is 32.1 Å². The van der Waals surface area contributed by atoms with Crippen LogP contribution in [0.1, 0.15) is 46.0 Å². The van der Waals surface area contributed by atoms with Crippen molar-refractivity contribution in [2.75, 3.05) is 6.61 Å². The Morgan fingerprint density at radius 3 is 2.57 bits per heavy atom. The molecule has 1 aliphatic carbocycles. The van der Waals surface area contributed by atoms with E-state index in [1.165, 1.54) is 19.3 Å². The van der Waals surface area contributed by atoms with E-state index < -0.39 is 0 Å². The number of rotatable bonds is 6. The molecule has 1 rings (SSSR count). The molecule has 1 fully saturated rings. The highest BCUT2D eigenvalue weighted by Gasteiger charge is 2.21. The minimum Gasteiger partial charge on any atom is -0.393 e. The molecule has 3 heteroatoms. The highest BCUT2D eigenvalue weighted by atomic mass is 32.1. The minimum absolute atomic E-state index is 0.0156. The Morgan fingerprint density at radius 1 is 1.50 bits per heavy atom. The molecule has 0 saturated heterocycles. The third-order valence-electron chi connectivity index (χ3n) is 3.02. The van der Waals surface area contributed by atoms with E-state index in [4.69, 9.17) is 22.7 Å². The summed E-state index contributed by atoms with van der Waals surface area (Å²) in [7, 11) is 0. The first kappa shape index (κ1) is 11.9. The molecule has 0 atom stereocenters. The molecular formula is C11H21NOS. The Kier molecular flexibility index (Phi) is 4.32. The Morgan fingerprint density at radius 2 is 2.14 bits per heavy atom. The smallest absolute Gasteiger partial charge is 0.0784 e. The van der Waals surface area contributed by atoms with Crippen molar-refractivity contribution in [3.05, 3.63) is 0 Å². The SMILES string of the molecule is CC(C)(CCCOC1CCC1)C(N)=S. The molecule has 0 aliphatic heterocycles. The highest BCUT2D eigenvalue weighted by molar-refractivity contribution is 7.80. The number of thiocarbonyl (C=S) groups is 1. The predicted octanol–water partition coefficient (Wildman–Crippen LogP) is 2.65. The van der Waals surface area contributed by atoms with Gasteiger partial charge >= 0.3 is 0 Å². The number of hydrogen-bond donors (Lipinski definition) is 1. The summed E-state index contributed by atoms with van der Waals surface area (Å²) >= 11 is 5.00. The second-order valence-electron chi connectivity index (χ2n) is 4.78. The third-order valence-corrected chi connectivity index (χ3v) is 3.57. The molecule has 1 saturated carbocycles. The molecule has 0 bridgehead atoms. The van der Waals surface area contributed by atoms with Gasteiger partial charge in [0.05, 0.1) is 11.1 Å². The van der Waals surface area contributed by atoms with Gasteiger partial charge in [-0.2, -0.15) is 0 Å². The van der Waals surface area contributed by atoms with E-state index >= 15 is 0 Å². The Labute approximate surface area is 92.2 Å². The van der Waals surface area contributed by atoms with Crippen LogP contribution in [0.4, 0.5) is 0 Å². The summed E-state index contributed by atoms with van der Waals surface area (Å²) in [5, 5.41) is 0. The maximum Gasteiger partial charge on any atom is 0.0784 e. The lowest BCUT2D eigenvalue weighted by Crippen LogP contribution is -2.30. The molecule has 0 radical (unpaired) electrons. The molecule has 0 heterocycles. The topological polar surface area (TPSA) is 35.2 Å². The fourth-order valence-corrected chi connectivity index (χ4v) is 1.53. The molecule has 0 aromatic rings. The normalized spacial score (nSPS) is 17.9. The first-order chi connectivity index (χ1) is 6.52. The van der Waals surface area contributed by atoms with Crippen LogP contribution in [0.2, 0.25) is 0 Å². The van der Waals surface area contributed by atoms with E-state index in [1.807, 2.05) is 0 Å². The molecule has 0 amide bonds. The van der Waals surface area contributed by atoms with Crippen LogP contribution < -0.4 is 5.73 Å². The molecule has 0 aromatic heterocycles. The minimum atomic E-state index is -0.0156. The van der Waals surface area contributed by atoms with Gasteiger partial charge in [0, 0.05) is 12.0 Å². The third kappa shape index (κ3) is 3.54. The zero-order chi connectivity index (χ0) is 10.6. The van der Waals surface area contributed by atoms with E-state index in [2.05, 4.69) is 13.8 Å². The van der Waals surface area contributed by atoms with Crippen molar-refractivity contribution in [3.63, 3.8) is 0 Å². The summed E-state index contributed by atoms with van der Waals surface area (Å²) in [4.78, 5) is 0.612. The maximum absolute atomic E-state index is 5.67. The summed E-state index contributed by atoms with van der Waals surface area (Å²) < 4.78 is 5.67. The van der Waals surface area contributed by atoms with Crippen molar-refractivity contribution < 1.29 is 4.74 Å². The van der Waals surface area contributed by atoms with Crippen LogP contribution in [-0.2, 0) is 4.74 Å². The zero-order valence-electron chi connectivity index (χ0n) is 9.21. The monoisotopic (exact) mass is 215 g/mol. The van der Waals surface area contributed by atoms with Gasteiger partial charge in [-0.25, -0.2) is 0 Å². The number of ether oxygens (including phenoxy) is 1. The van der Waals surface area contributed by atoms with Gasteiger partial charge in [0.15, 0.2) is 0 Å².